The minimum absolute atomic E-state index is 0.0994. The summed E-state index contributed by atoms with van der Waals surface area (Å²) in [5.74, 6) is 4.30. The topological polar surface area (TPSA) is 34.8 Å². The minimum Gasteiger partial charge on any atom is -0.458 e. The average molecular weight is 349 g/mol. The van der Waals surface area contributed by atoms with Crippen LogP contribution in [0.1, 0.15) is 0 Å². The Morgan fingerprint density at radius 1 is 0.593 bits per heavy atom. The molecule has 0 spiro atoms. The summed E-state index contributed by atoms with van der Waals surface area (Å²) < 4.78 is 18.3. The van der Waals surface area contributed by atoms with E-state index in [1.54, 1.807) is 6.26 Å². The minimum atomic E-state index is 0.0994. The molecule has 0 radical (unpaired) electrons. The van der Waals surface area contributed by atoms with Gasteiger partial charge >= 0.3 is 0 Å². The zero-order chi connectivity index (χ0) is 17.5. The predicted octanol–water partition coefficient (Wildman–Crippen LogP) is 3.79. The van der Waals surface area contributed by atoms with Gasteiger partial charge in [0.2, 0.25) is 5.88 Å². The first-order valence-corrected chi connectivity index (χ1v) is 8.98. The number of furan rings is 1. The maximum atomic E-state index is 6.28. The second-order valence-corrected chi connectivity index (χ2v) is 6.97. The fourth-order valence-corrected chi connectivity index (χ4v) is 4.63. The quantitative estimate of drug-likeness (QED) is 0.423. The monoisotopic (exact) mass is 349 g/mol. The van der Waals surface area contributed by atoms with Crippen LogP contribution in [-0.2, 0) is 0 Å². The van der Waals surface area contributed by atoms with Gasteiger partial charge in [0.25, 0.3) is 6.71 Å². The van der Waals surface area contributed by atoms with Crippen molar-refractivity contribution in [1.29, 1.82) is 0 Å². The largest absolute Gasteiger partial charge is 0.458 e. The molecule has 3 aliphatic rings. The molecule has 3 aliphatic heterocycles. The standard InChI is InChI=1S/C22H12BNO3/c1-5-13-20-15(7-1)26-17-9-3-10-18-22(17)23(20)21-14(6-2-8-16(21)27-18)24(13)19-11-4-12-25-19/h1-12H. The van der Waals surface area contributed by atoms with Crippen molar-refractivity contribution in [3.63, 3.8) is 0 Å². The third-order valence-electron chi connectivity index (χ3n) is 5.63. The zero-order valence-corrected chi connectivity index (χ0v) is 14.2. The number of hydrogen-bond donors (Lipinski definition) is 0. The van der Waals surface area contributed by atoms with Crippen molar-refractivity contribution in [2.75, 3.05) is 4.90 Å². The first-order chi connectivity index (χ1) is 13.4. The van der Waals surface area contributed by atoms with Gasteiger partial charge in [0.1, 0.15) is 23.0 Å². The molecule has 4 heterocycles. The molecule has 5 heteroatoms. The molecule has 7 rings (SSSR count). The first-order valence-electron chi connectivity index (χ1n) is 8.98. The summed E-state index contributed by atoms with van der Waals surface area (Å²) in [6.07, 6.45) is 1.70. The van der Waals surface area contributed by atoms with Gasteiger partial charge in [-0.2, -0.15) is 0 Å². The molecular formula is C22H12BNO3. The maximum Gasteiger partial charge on any atom is 0.266 e. The van der Waals surface area contributed by atoms with Crippen LogP contribution in [-0.4, -0.2) is 6.71 Å². The molecule has 27 heavy (non-hydrogen) atoms. The Bertz CT molecular complexity index is 1170. The van der Waals surface area contributed by atoms with E-state index >= 15 is 0 Å². The molecular weight excluding hydrogens is 337 g/mol. The van der Waals surface area contributed by atoms with Crippen molar-refractivity contribution < 1.29 is 13.9 Å². The van der Waals surface area contributed by atoms with E-state index in [0.29, 0.717) is 0 Å². The summed E-state index contributed by atoms with van der Waals surface area (Å²) in [6, 6.07) is 22.3. The van der Waals surface area contributed by atoms with Crippen molar-refractivity contribution in [1.82, 2.24) is 0 Å². The fourth-order valence-electron chi connectivity index (χ4n) is 4.63. The lowest BCUT2D eigenvalue weighted by Crippen LogP contribution is -2.61. The molecule has 0 saturated heterocycles. The van der Waals surface area contributed by atoms with Gasteiger partial charge in [-0.3, -0.25) is 4.90 Å². The molecule has 0 fully saturated rings. The molecule has 0 atom stereocenters. The SMILES string of the molecule is c1coc(N2c3cccc4c3B3c5c(cccc5Oc5cccc2c53)O4)c1. The molecule has 0 N–H and O–H groups in total. The van der Waals surface area contributed by atoms with Crippen molar-refractivity contribution in [3.05, 3.63) is 73.0 Å². The second-order valence-electron chi connectivity index (χ2n) is 6.97. The summed E-state index contributed by atoms with van der Waals surface area (Å²) >= 11 is 0. The Morgan fingerprint density at radius 2 is 1.15 bits per heavy atom. The van der Waals surface area contributed by atoms with E-state index in [2.05, 4.69) is 17.0 Å². The number of nitrogens with zero attached hydrogens (tertiary/aromatic N) is 1. The van der Waals surface area contributed by atoms with Crippen LogP contribution in [0.3, 0.4) is 0 Å². The first kappa shape index (κ1) is 13.6. The Kier molecular flexibility index (Phi) is 2.30. The highest BCUT2D eigenvalue weighted by atomic mass is 16.5. The van der Waals surface area contributed by atoms with Crippen molar-refractivity contribution >= 4 is 40.4 Å². The lowest BCUT2D eigenvalue weighted by Gasteiger charge is -2.41. The Morgan fingerprint density at radius 3 is 1.70 bits per heavy atom. The van der Waals surface area contributed by atoms with Gasteiger partial charge in [-0.05, 0) is 53.4 Å². The van der Waals surface area contributed by atoms with Gasteiger partial charge in [-0.15, -0.1) is 0 Å². The fraction of sp³-hybridized carbons (Fsp3) is 0. The summed E-state index contributed by atoms with van der Waals surface area (Å²) in [6.45, 7) is 0.0994. The predicted molar refractivity (Wildman–Crippen MR) is 105 cm³/mol. The number of anilines is 3. The molecule has 0 bridgehead atoms. The van der Waals surface area contributed by atoms with E-state index in [-0.39, 0.29) is 6.71 Å². The van der Waals surface area contributed by atoms with Crippen molar-refractivity contribution in [2.45, 2.75) is 0 Å². The van der Waals surface area contributed by atoms with Crippen LogP contribution in [0.25, 0.3) is 0 Å². The van der Waals surface area contributed by atoms with E-state index in [1.807, 2.05) is 54.6 Å². The molecule has 0 unspecified atom stereocenters. The molecule has 3 aromatic carbocycles. The molecule has 4 aromatic rings. The van der Waals surface area contributed by atoms with E-state index in [0.717, 1.165) is 56.6 Å². The Balaban J connectivity index is 1.65. The smallest absolute Gasteiger partial charge is 0.266 e. The summed E-state index contributed by atoms with van der Waals surface area (Å²) in [4.78, 5) is 2.15. The van der Waals surface area contributed by atoms with Crippen LogP contribution in [0.4, 0.5) is 17.3 Å². The normalized spacial score (nSPS) is 14.4. The van der Waals surface area contributed by atoms with Gasteiger partial charge in [0.15, 0.2) is 0 Å². The van der Waals surface area contributed by atoms with Crippen LogP contribution in [0.15, 0.2) is 77.4 Å². The van der Waals surface area contributed by atoms with Gasteiger partial charge in [-0.1, -0.05) is 18.2 Å². The Labute approximate surface area is 155 Å². The molecule has 0 amide bonds. The van der Waals surface area contributed by atoms with Gasteiger partial charge < -0.3 is 13.9 Å². The number of rotatable bonds is 1. The third-order valence-corrected chi connectivity index (χ3v) is 5.63. The number of hydrogen-bond acceptors (Lipinski definition) is 4. The van der Waals surface area contributed by atoms with E-state index in [9.17, 15) is 0 Å². The second kappa shape index (κ2) is 4.57. The average Bonchev–Trinajstić information content (AvgIpc) is 3.22. The maximum absolute atomic E-state index is 6.28. The Hall–Kier alpha value is -3.60. The number of ether oxygens (including phenoxy) is 2. The van der Waals surface area contributed by atoms with Gasteiger partial charge in [0, 0.05) is 22.9 Å². The number of benzene rings is 3. The van der Waals surface area contributed by atoms with Crippen LogP contribution < -0.4 is 30.8 Å². The highest BCUT2D eigenvalue weighted by Gasteiger charge is 2.47. The molecule has 0 saturated carbocycles. The lowest BCUT2D eigenvalue weighted by atomic mass is 9.33. The van der Waals surface area contributed by atoms with E-state index in [1.165, 1.54) is 0 Å². The molecule has 126 valence electrons. The van der Waals surface area contributed by atoms with Crippen LogP contribution in [0.5, 0.6) is 23.0 Å². The summed E-state index contributed by atoms with van der Waals surface area (Å²) in [5, 5.41) is 0. The van der Waals surface area contributed by atoms with E-state index < -0.39 is 0 Å². The zero-order valence-electron chi connectivity index (χ0n) is 14.2. The van der Waals surface area contributed by atoms with Crippen LogP contribution >= 0.6 is 0 Å². The third kappa shape index (κ3) is 1.56. The highest BCUT2D eigenvalue weighted by Crippen LogP contribution is 2.44. The summed E-state index contributed by atoms with van der Waals surface area (Å²) in [5.41, 5.74) is 5.60. The highest BCUT2D eigenvalue weighted by molar-refractivity contribution is 7.00. The van der Waals surface area contributed by atoms with Crippen molar-refractivity contribution in [2.24, 2.45) is 0 Å². The van der Waals surface area contributed by atoms with Gasteiger partial charge in [0.05, 0.1) is 6.26 Å². The molecule has 4 nitrogen and oxygen atoms in total. The van der Waals surface area contributed by atoms with E-state index in [4.69, 9.17) is 13.9 Å². The van der Waals surface area contributed by atoms with Crippen LogP contribution in [0, 0.1) is 0 Å². The van der Waals surface area contributed by atoms with Gasteiger partial charge in [-0.25, -0.2) is 0 Å². The van der Waals surface area contributed by atoms with Crippen LogP contribution in [0.2, 0.25) is 0 Å². The van der Waals surface area contributed by atoms with Crippen molar-refractivity contribution in [3.8, 4) is 23.0 Å². The molecule has 1 aromatic heterocycles. The lowest BCUT2D eigenvalue weighted by molar-refractivity contribution is 0.464. The molecule has 0 aliphatic carbocycles. The summed E-state index contributed by atoms with van der Waals surface area (Å²) in [7, 11) is 0.